The number of carbonyl (C=O) groups is 2. The minimum atomic E-state index is -1.16. The SMILES string of the molecule is COc1ccc(NC(=O)N(C)CCC(C)O)c(C(=O)O)c1. The fourth-order valence-corrected chi connectivity index (χ4v) is 1.63. The van der Waals surface area contributed by atoms with E-state index in [0.717, 1.165) is 0 Å². The van der Waals surface area contributed by atoms with E-state index in [1.807, 2.05) is 0 Å². The second-order valence-electron chi connectivity index (χ2n) is 4.71. The van der Waals surface area contributed by atoms with Gasteiger partial charge >= 0.3 is 12.0 Å². The van der Waals surface area contributed by atoms with Crippen molar-refractivity contribution in [3.05, 3.63) is 23.8 Å². The van der Waals surface area contributed by atoms with Gasteiger partial charge in [0.15, 0.2) is 0 Å². The van der Waals surface area contributed by atoms with Crippen molar-refractivity contribution in [2.75, 3.05) is 26.0 Å². The van der Waals surface area contributed by atoms with Gasteiger partial charge in [0.2, 0.25) is 0 Å². The number of aliphatic hydroxyl groups is 1. The summed E-state index contributed by atoms with van der Waals surface area (Å²) >= 11 is 0. The molecule has 7 nitrogen and oxygen atoms in total. The monoisotopic (exact) mass is 296 g/mol. The third-order valence-corrected chi connectivity index (χ3v) is 2.93. The van der Waals surface area contributed by atoms with Gasteiger partial charge < -0.3 is 25.2 Å². The molecule has 21 heavy (non-hydrogen) atoms. The van der Waals surface area contributed by atoms with Crippen LogP contribution in [0, 0.1) is 0 Å². The zero-order valence-electron chi connectivity index (χ0n) is 12.3. The lowest BCUT2D eigenvalue weighted by molar-refractivity contribution is 0.0697. The Hall–Kier alpha value is -2.28. The van der Waals surface area contributed by atoms with Crippen LogP contribution >= 0.6 is 0 Å². The summed E-state index contributed by atoms with van der Waals surface area (Å²) < 4.78 is 4.96. The first-order valence-electron chi connectivity index (χ1n) is 6.46. The fourth-order valence-electron chi connectivity index (χ4n) is 1.63. The topological polar surface area (TPSA) is 99.1 Å². The van der Waals surface area contributed by atoms with Gasteiger partial charge in [-0.25, -0.2) is 9.59 Å². The number of methoxy groups -OCH3 is 1. The number of nitrogens with one attached hydrogen (secondary N) is 1. The van der Waals surface area contributed by atoms with Crippen molar-refractivity contribution in [1.29, 1.82) is 0 Å². The number of ether oxygens (including phenoxy) is 1. The molecule has 0 aromatic heterocycles. The van der Waals surface area contributed by atoms with Gasteiger partial charge in [-0.15, -0.1) is 0 Å². The Bertz CT molecular complexity index is 516. The van der Waals surface area contributed by atoms with Gasteiger partial charge in [-0.2, -0.15) is 0 Å². The van der Waals surface area contributed by atoms with Crippen LogP contribution in [-0.2, 0) is 0 Å². The number of carboxylic acid groups (broad SMARTS) is 1. The van der Waals surface area contributed by atoms with E-state index in [4.69, 9.17) is 9.84 Å². The average Bonchev–Trinajstić information content (AvgIpc) is 2.44. The average molecular weight is 296 g/mol. The molecule has 0 saturated heterocycles. The van der Waals surface area contributed by atoms with E-state index in [1.54, 1.807) is 20.0 Å². The van der Waals surface area contributed by atoms with E-state index in [2.05, 4.69) is 5.32 Å². The Labute approximate surface area is 123 Å². The second-order valence-corrected chi connectivity index (χ2v) is 4.71. The van der Waals surface area contributed by atoms with Crippen molar-refractivity contribution in [3.63, 3.8) is 0 Å². The highest BCUT2D eigenvalue weighted by Crippen LogP contribution is 2.22. The van der Waals surface area contributed by atoms with Crippen LogP contribution in [0.2, 0.25) is 0 Å². The summed E-state index contributed by atoms with van der Waals surface area (Å²) in [5, 5.41) is 20.9. The molecule has 0 radical (unpaired) electrons. The van der Waals surface area contributed by atoms with E-state index in [9.17, 15) is 14.7 Å². The molecule has 0 heterocycles. The number of aliphatic hydroxyl groups excluding tert-OH is 1. The quantitative estimate of drug-likeness (QED) is 0.741. The maximum absolute atomic E-state index is 12.0. The number of carbonyl (C=O) groups excluding carboxylic acids is 1. The minimum Gasteiger partial charge on any atom is -0.497 e. The van der Waals surface area contributed by atoms with Crippen molar-refractivity contribution >= 4 is 17.7 Å². The number of amides is 2. The van der Waals surface area contributed by atoms with Crippen molar-refractivity contribution in [3.8, 4) is 5.75 Å². The fraction of sp³-hybridized carbons (Fsp3) is 0.429. The molecule has 1 atom stereocenters. The maximum Gasteiger partial charge on any atom is 0.337 e. The van der Waals surface area contributed by atoms with E-state index < -0.39 is 18.1 Å². The van der Waals surface area contributed by atoms with Crippen LogP contribution in [0.1, 0.15) is 23.7 Å². The molecule has 0 aliphatic rings. The lowest BCUT2D eigenvalue weighted by Gasteiger charge is -2.19. The van der Waals surface area contributed by atoms with E-state index in [1.165, 1.54) is 24.1 Å². The summed E-state index contributed by atoms with van der Waals surface area (Å²) in [6, 6.07) is 3.94. The molecule has 0 aliphatic carbocycles. The summed E-state index contributed by atoms with van der Waals surface area (Å²) in [7, 11) is 3.00. The Kier molecular flexibility index (Phi) is 5.98. The molecule has 0 aliphatic heterocycles. The van der Waals surface area contributed by atoms with Crippen LogP contribution in [0.5, 0.6) is 5.75 Å². The first kappa shape index (κ1) is 16.8. The summed E-state index contributed by atoms with van der Waals surface area (Å²) in [4.78, 5) is 24.5. The molecule has 0 spiro atoms. The smallest absolute Gasteiger partial charge is 0.337 e. The van der Waals surface area contributed by atoms with Gasteiger partial charge in [0.1, 0.15) is 5.75 Å². The lowest BCUT2D eigenvalue weighted by atomic mass is 10.1. The highest BCUT2D eigenvalue weighted by atomic mass is 16.5. The van der Waals surface area contributed by atoms with Gasteiger partial charge in [0, 0.05) is 13.6 Å². The molecule has 1 rings (SSSR count). The highest BCUT2D eigenvalue weighted by Gasteiger charge is 2.16. The van der Waals surface area contributed by atoms with Crippen molar-refractivity contribution in [1.82, 2.24) is 4.90 Å². The maximum atomic E-state index is 12.0. The molecular formula is C14H20N2O5. The van der Waals surface area contributed by atoms with E-state index in [0.29, 0.717) is 18.7 Å². The van der Waals surface area contributed by atoms with Crippen molar-refractivity contribution < 1.29 is 24.5 Å². The van der Waals surface area contributed by atoms with Gasteiger partial charge in [-0.3, -0.25) is 0 Å². The Balaban J connectivity index is 2.82. The van der Waals surface area contributed by atoms with Gasteiger partial charge in [0.25, 0.3) is 0 Å². The van der Waals surface area contributed by atoms with Crippen LogP contribution in [0.4, 0.5) is 10.5 Å². The summed E-state index contributed by atoms with van der Waals surface area (Å²) in [6.07, 6.45) is -0.0611. The third-order valence-electron chi connectivity index (χ3n) is 2.93. The minimum absolute atomic E-state index is 0.0494. The molecule has 1 unspecified atom stereocenters. The van der Waals surface area contributed by atoms with Crippen molar-refractivity contribution in [2.24, 2.45) is 0 Å². The number of aromatic carboxylic acids is 1. The molecule has 3 N–H and O–H groups in total. The molecule has 0 fully saturated rings. The van der Waals surface area contributed by atoms with E-state index >= 15 is 0 Å². The number of hydrogen-bond acceptors (Lipinski definition) is 4. The molecule has 7 heteroatoms. The molecule has 2 amide bonds. The second kappa shape index (κ2) is 7.49. The molecule has 1 aromatic carbocycles. The number of anilines is 1. The van der Waals surface area contributed by atoms with Gasteiger partial charge in [-0.1, -0.05) is 0 Å². The van der Waals surface area contributed by atoms with Crippen LogP contribution in [0.15, 0.2) is 18.2 Å². The predicted molar refractivity (Wildman–Crippen MR) is 77.9 cm³/mol. The first-order chi connectivity index (χ1) is 9.85. The largest absolute Gasteiger partial charge is 0.497 e. The van der Waals surface area contributed by atoms with E-state index in [-0.39, 0.29) is 11.3 Å². The van der Waals surface area contributed by atoms with Gasteiger partial charge in [-0.05, 0) is 31.5 Å². The molecule has 0 saturated carbocycles. The van der Waals surface area contributed by atoms with Crippen molar-refractivity contribution in [2.45, 2.75) is 19.4 Å². The Morgan fingerprint density at radius 2 is 2.10 bits per heavy atom. The highest BCUT2D eigenvalue weighted by molar-refractivity contribution is 6.00. The number of benzene rings is 1. The summed E-state index contributed by atoms with van der Waals surface area (Å²) in [6.45, 7) is 2.00. The zero-order valence-corrected chi connectivity index (χ0v) is 12.3. The molecule has 116 valence electrons. The van der Waals surface area contributed by atoms with Crippen LogP contribution in [0.25, 0.3) is 0 Å². The number of hydrogen-bond donors (Lipinski definition) is 3. The zero-order chi connectivity index (χ0) is 16.0. The Morgan fingerprint density at radius 1 is 1.43 bits per heavy atom. The number of rotatable bonds is 6. The summed E-state index contributed by atoms with van der Waals surface area (Å²) in [5.74, 6) is -0.760. The lowest BCUT2D eigenvalue weighted by Crippen LogP contribution is -2.33. The van der Waals surface area contributed by atoms with Crippen LogP contribution in [-0.4, -0.2) is 53.9 Å². The summed E-state index contributed by atoms with van der Waals surface area (Å²) in [5.41, 5.74) is 0.142. The normalized spacial score (nSPS) is 11.6. The predicted octanol–water partition coefficient (Wildman–Crippen LogP) is 1.63. The van der Waals surface area contributed by atoms with Gasteiger partial charge in [0.05, 0.1) is 24.5 Å². The van der Waals surface area contributed by atoms with Crippen LogP contribution in [0.3, 0.4) is 0 Å². The molecule has 1 aromatic rings. The molecule has 0 bridgehead atoms. The number of carboxylic acids is 1. The third kappa shape index (κ3) is 4.96. The molecular weight excluding hydrogens is 276 g/mol. The first-order valence-corrected chi connectivity index (χ1v) is 6.46. The standard InChI is InChI=1S/C14H20N2O5/c1-9(17)6-7-16(2)14(20)15-12-5-4-10(21-3)8-11(12)13(18)19/h4-5,8-9,17H,6-7H2,1-3H3,(H,15,20)(H,18,19). The number of nitrogens with zero attached hydrogens (tertiary/aromatic N) is 1. The van der Waals surface area contributed by atoms with Crippen LogP contribution < -0.4 is 10.1 Å². The number of urea groups is 1. The Morgan fingerprint density at radius 3 is 2.62 bits per heavy atom.